The molecule has 0 fully saturated rings. The maximum Gasteiger partial charge on any atom is 0.369 e. The predicted molar refractivity (Wildman–Crippen MR) is 69.9 cm³/mol. The minimum Gasteiger partial charge on any atom is -0.464 e. The zero-order chi connectivity index (χ0) is 12.5. The molecule has 18 heavy (non-hydrogen) atoms. The van der Waals surface area contributed by atoms with E-state index in [-0.39, 0.29) is 5.01 Å². The van der Waals surface area contributed by atoms with E-state index in [4.69, 9.17) is 0 Å². The number of para-hydroxylation sites is 1. The van der Waals surface area contributed by atoms with Crippen LogP contribution in [-0.2, 0) is 4.74 Å². The summed E-state index contributed by atoms with van der Waals surface area (Å²) in [7, 11) is 1.32. The molecule has 0 aliphatic carbocycles. The van der Waals surface area contributed by atoms with Crippen LogP contribution in [0.3, 0.4) is 0 Å². The van der Waals surface area contributed by atoms with Crippen molar-refractivity contribution in [2.75, 3.05) is 7.11 Å². The zero-order valence-electron chi connectivity index (χ0n) is 9.28. The minimum absolute atomic E-state index is 0.242. The second-order valence-corrected chi connectivity index (χ2v) is 5.40. The molecule has 90 valence electrons. The Morgan fingerprint density at radius 3 is 2.78 bits per heavy atom. The largest absolute Gasteiger partial charge is 0.464 e. The fourth-order valence-electron chi connectivity index (χ4n) is 1.44. The number of hydrogen-bond acceptors (Lipinski definition) is 7. The quantitative estimate of drug-likeness (QED) is 0.674. The van der Waals surface area contributed by atoms with Crippen molar-refractivity contribution < 1.29 is 9.53 Å². The zero-order valence-corrected chi connectivity index (χ0v) is 10.9. The van der Waals surface area contributed by atoms with E-state index in [0.717, 1.165) is 15.2 Å². The SMILES string of the molecule is COC(=O)c1nnc(-c2nc3ccccc3s2)s1. The van der Waals surface area contributed by atoms with E-state index in [0.29, 0.717) is 5.01 Å². The molecule has 0 saturated heterocycles. The number of aromatic nitrogens is 3. The third kappa shape index (κ3) is 1.87. The van der Waals surface area contributed by atoms with Gasteiger partial charge in [0.25, 0.3) is 0 Å². The minimum atomic E-state index is -0.472. The predicted octanol–water partition coefficient (Wildman–Crippen LogP) is 2.60. The molecule has 0 atom stereocenters. The van der Waals surface area contributed by atoms with Crippen molar-refractivity contribution in [1.82, 2.24) is 15.2 Å². The molecule has 0 unspecified atom stereocenters. The van der Waals surface area contributed by atoms with E-state index in [9.17, 15) is 4.79 Å². The number of fused-ring (bicyclic) bond motifs is 1. The van der Waals surface area contributed by atoms with Crippen LogP contribution in [0.5, 0.6) is 0 Å². The molecule has 0 saturated carbocycles. The third-order valence-electron chi connectivity index (χ3n) is 2.26. The van der Waals surface area contributed by atoms with Crippen LogP contribution in [0.15, 0.2) is 24.3 Å². The van der Waals surface area contributed by atoms with Crippen LogP contribution < -0.4 is 0 Å². The number of hydrogen-bond donors (Lipinski definition) is 0. The topological polar surface area (TPSA) is 65.0 Å². The van der Waals surface area contributed by atoms with Crippen LogP contribution in [0.1, 0.15) is 9.80 Å². The first kappa shape index (κ1) is 11.2. The third-order valence-corrected chi connectivity index (χ3v) is 4.34. The van der Waals surface area contributed by atoms with Crippen LogP contribution in [0.4, 0.5) is 0 Å². The molecule has 5 nitrogen and oxygen atoms in total. The van der Waals surface area contributed by atoms with Gasteiger partial charge in [0.2, 0.25) is 5.01 Å². The summed E-state index contributed by atoms with van der Waals surface area (Å²) in [5.74, 6) is -0.472. The average molecular weight is 277 g/mol. The molecular formula is C11H7N3O2S2. The summed E-state index contributed by atoms with van der Waals surface area (Å²) in [4.78, 5) is 15.8. The van der Waals surface area contributed by atoms with Crippen LogP contribution >= 0.6 is 22.7 Å². The lowest BCUT2D eigenvalue weighted by molar-refractivity contribution is 0.0599. The van der Waals surface area contributed by atoms with Gasteiger partial charge < -0.3 is 4.74 Å². The first-order valence-corrected chi connectivity index (χ1v) is 6.69. The van der Waals surface area contributed by atoms with Gasteiger partial charge in [0.1, 0.15) is 0 Å². The van der Waals surface area contributed by atoms with Gasteiger partial charge in [-0.15, -0.1) is 21.5 Å². The van der Waals surface area contributed by atoms with Gasteiger partial charge in [0, 0.05) is 0 Å². The van der Waals surface area contributed by atoms with Crippen molar-refractivity contribution in [3.63, 3.8) is 0 Å². The lowest BCUT2D eigenvalue weighted by atomic mass is 10.3. The number of esters is 1. The van der Waals surface area contributed by atoms with Crippen LogP contribution in [0.2, 0.25) is 0 Å². The average Bonchev–Trinajstić information content (AvgIpc) is 3.03. The van der Waals surface area contributed by atoms with Gasteiger partial charge in [-0.3, -0.25) is 0 Å². The van der Waals surface area contributed by atoms with Crippen molar-refractivity contribution in [3.8, 4) is 10.0 Å². The summed E-state index contributed by atoms with van der Waals surface area (Å²) in [6.45, 7) is 0. The van der Waals surface area contributed by atoms with E-state index < -0.39 is 5.97 Å². The van der Waals surface area contributed by atoms with Crippen molar-refractivity contribution >= 4 is 38.9 Å². The number of methoxy groups -OCH3 is 1. The molecule has 0 bridgehead atoms. The smallest absolute Gasteiger partial charge is 0.369 e. The lowest BCUT2D eigenvalue weighted by Crippen LogP contribution is -1.99. The summed E-state index contributed by atoms with van der Waals surface area (Å²) < 4.78 is 5.68. The molecular weight excluding hydrogens is 270 g/mol. The number of rotatable bonds is 2. The highest BCUT2D eigenvalue weighted by molar-refractivity contribution is 7.25. The first-order valence-electron chi connectivity index (χ1n) is 5.05. The number of benzene rings is 1. The van der Waals surface area contributed by atoms with Crippen LogP contribution in [0, 0.1) is 0 Å². The summed E-state index contributed by atoms with van der Waals surface area (Å²) in [5, 5.41) is 9.41. The summed E-state index contributed by atoms with van der Waals surface area (Å²) in [6, 6.07) is 7.84. The fourth-order valence-corrected chi connectivity index (χ4v) is 3.18. The Morgan fingerprint density at radius 1 is 1.17 bits per heavy atom. The van der Waals surface area contributed by atoms with Gasteiger partial charge in [-0.25, -0.2) is 9.78 Å². The van der Waals surface area contributed by atoms with Crippen LogP contribution in [-0.4, -0.2) is 28.3 Å². The van der Waals surface area contributed by atoms with Gasteiger partial charge in [-0.2, -0.15) is 0 Å². The highest BCUT2D eigenvalue weighted by atomic mass is 32.1. The fraction of sp³-hybridized carbons (Fsp3) is 0.0909. The van der Waals surface area contributed by atoms with Crippen LogP contribution in [0.25, 0.3) is 20.2 Å². The summed E-state index contributed by atoms with van der Waals surface area (Å²) in [6.07, 6.45) is 0. The van der Waals surface area contributed by atoms with Gasteiger partial charge in [0.05, 0.1) is 17.3 Å². The number of ether oxygens (including phenoxy) is 1. The van der Waals surface area contributed by atoms with Gasteiger partial charge >= 0.3 is 5.97 Å². The molecule has 2 heterocycles. The standard InChI is InChI=1S/C11H7N3O2S2/c1-16-11(15)10-14-13-9(18-10)8-12-6-4-2-3-5-7(6)17-8/h2-5H,1H3. The second-order valence-electron chi connectivity index (χ2n) is 3.39. The Balaban J connectivity index is 2.03. The Kier molecular flexibility index (Phi) is 2.77. The molecule has 0 amide bonds. The monoisotopic (exact) mass is 277 g/mol. The molecule has 2 aromatic heterocycles. The Hall–Kier alpha value is -1.86. The highest BCUT2D eigenvalue weighted by Crippen LogP contribution is 2.31. The first-order chi connectivity index (χ1) is 8.78. The molecule has 0 spiro atoms. The van der Waals surface area contributed by atoms with E-state index in [1.165, 1.54) is 29.8 Å². The molecule has 0 aliphatic rings. The molecule has 1 aromatic carbocycles. The number of nitrogens with zero attached hydrogens (tertiary/aromatic N) is 3. The Bertz CT molecular complexity index is 687. The maximum atomic E-state index is 11.3. The molecule has 0 radical (unpaired) electrons. The molecule has 0 N–H and O–H groups in total. The Morgan fingerprint density at radius 2 is 2.00 bits per heavy atom. The van der Waals surface area contributed by atoms with E-state index in [2.05, 4.69) is 19.9 Å². The second kappa shape index (κ2) is 4.43. The van der Waals surface area contributed by atoms with Gasteiger partial charge in [-0.05, 0) is 12.1 Å². The van der Waals surface area contributed by atoms with E-state index >= 15 is 0 Å². The van der Waals surface area contributed by atoms with Crippen molar-refractivity contribution in [2.24, 2.45) is 0 Å². The van der Waals surface area contributed by atoms with Gasteiger partial charge in [0.15, 0.2) is 10.0 Å². The van der Waals surface area contributed by atoms with Crippen molar-refractivity contribution in [2.45, 2.75) is 0 Å². The maximum absolute atomic E-state index is 11.3. The van der Waals surface area contributed by atoms with Crippen molar-refractivity contribution in [1.29, 1.82) is 0 Å². The van der Waals surface area contributed by atoms with E-state index in [1.54, 1.807) is 0 Å². The number of thiazole rings is 1. The van der Waals surface area contributed by atoms with Crippen molar-refractivity contribution in [3.05, 3.63) is 29.3 Å². The summed E-state index contributed by atoms with van der Waals surface area (Å²) >= 11 is 2.71. The number of carbonyl (C=O) groups is 1. The lowest BCUT2D eigenvalue weighted by Gasteiger charge is -1.88. The molecule has 7 heteroatoms. The summed E-state index contributed by atoms with van der Waals surface area (Å²) in [5.41, 5.74) is 0.923. The highest BCUT2D eigenvalue weighted by Gasteiger charge is 2.16. The van der Waals surface area contributed by atoms with Gasteiger partial charge in [-0.1, -0.05) is 23.5 Å². The molecule has 0 aliphatic heterocycles. The number of carbonyl (C=O) groups excluding carboxylic acids is 1. The molecule has 3 rings (SSSR count). The normalized spacial score (nSPS) is 10.7. The molecule has 3 aromatic rings. The Labute approximate surface area is 110 Å². The van der Waals surface area contributed by atoms with E-state index in [1.807, 2.05) is 24.3 Å².